The molecule has 1 heterocycles. The number of carbonyl (C=O) groups excluding carboxylic acids is 3. The van der Waals surface area contributed by atoms with Crippen LogP contribution in [0.1, 0.15) is 52.2 Å². The predicted molar refractivity (Wildman–Crippen MR) is 109 cm³/mol. The van der Waals surface area contributed by atoms with Gasteiger partial charge in [0.2, 0.25) is 0 Å². The molecule has 2 rings (SSSR count). The molecular weight excluding hydrogens is 372 g/mol. The molecule has 0 saturated heterocycles. The Balaban J connectivity index is 2.22. The van der Waals surface area contributed by atoms with E-state index in [1.165, 1.54) is 0 Å². The number of hydrogen-bond donors (Lipinski definition) is 0. The Kier molecular flexibility index (Phi) is 8.05. The number of benzene rings is 1. The van der Waals surface area contributed by atoms with Gasteiger partial charge in [-0.1, -0.05) is 24.3 Å². The fourth-order valence-electron chi connectivity index (χ4n) is 3.45. The van der Waals surface area contributed by atoms with Gasteiger partial charge in [-0.05, 0) is 45.7 Å². The van der Waals surface area contributed by atoms with Gasteiger partial charge in [0, 0.05) is 25.6 Å². The zero-order valence-electron chi connectivity index (χ0n) is 18.0. The van der Waals surface area contributed by atoms with E-state index in [9.17, 15) is 14.4 Å². The summed E-state index contributed by atoms with van der Waals surface area (Å²) >= 11 is 0. The third-order valence-corrected chi connectivity index (χ3v) is 4.85. The van der Waals surface area contributed by atoms with Crippen LogP contribution in [0, 0.1) is 0 Å². The summed E-state index contributed by atoms with van der Waals surface area (Å²) < 4.78 is 10.4. The Morgan fingerprint density at radius 1 is 1.14 bits per heavy atom. The maximum Gasteiger partial charge on any atom is 0.329 e. The SMILES string of the molecule is CCOC(=O)[C@@H]1Cc2ccccc2CN1C(=O)N(CCC(=O)OC(C)C)C(C)C. The van der Waals surface area contributed by atoms with Crippen molar-refractivity contribution in [3.63, 3.8) is 0 Å². The molecule has 0 aliphatic carbocycles. The molecule has 1 aromatic carbocycles. The number of ether oxygens (including phenoxy) is 2. The Hall–Kier alpha value is -2.57. The van der Waals surface area contributed by atoms with E-state index in [1.807, 2.05) is 38.1 Å². The Morgan fingerprint density at radius 3 is 2.38 bits per heavy atom. The summed E-state index contributed by atoms with van der Waals surface area (Å²) in [7, 11) is 0. The van der Waals surface area contributed by atoms with Crippen LogP contribution in [-0.2, 0) is 32.0 Å². The van der Waals surface area contributed by atoms with Gasteiger partial charge in [-0.3, -0.25) is 4.79 Å². The third kappa shape index (κ3) is 5.95. The summed E-state index contributed by atoms with van der Waals surface area (Å²) in [6.07, 6.45) is 0.330. The van der Waals surface area contributed by atoms with Crippen molar-refractivity contribution in [2.45, 2.75) is 72.2 Å². The minimum absolute atomic E-state index is 0.108. The molecule has 1 aliphatic heterocycles. The van der Waals surface area contributed by atoms with E-state index in [4.69, 9.17) is 9.47 Å². The highest BCUT2D eigenvalue weighted by Crippen LogP contribution is 2.26. The first kappa shape index (κ1) is 22.7. The summed E-state index contributed by atoms with van der Waals surface area (Å²) in [6.45, 7) is 9.94. The number of carbonyl (C=O) groups is 3. The van der Waals surface area contributed by atoms with E-state index in [0.717, 1.165) is 11.1 Å². The second kappa shape index (κ2) is 10.3. The Morgan fingerprint density at radius 2 is 1.79 bits per heavy atom. The number of nitrogens with zero attached hydrogens (tertiary/aromatic N) is 2. The first-order valence-corrected chi connectivity index (χ1v) is 10.2. The Bertz CT molecular complexity index is 732. The monoisotopic (exact) mass is 404 g/mol. The molecule has 0 radical (unpaired) electrons. The van der Waals surface area contributed by atoms with E-state index in [1.54, 1.807) is 30.6 Å². The van der Waals surface area contributed by atoms with Crippen LogP contribution < -0.4 is 0 Å². The van der Waals surface area contributed by atoms with Gasteiger partial charge < -0.3 is 19.3 Å². The molecule has 1 aromatic rings. The Labute approximate surface area is 172 Å². The fourth-order valence-corrected chi connectivity index (χ4v) is 3.45. The molecule has 0 unspecified atom stereocenters. The second-order valence-electron chi connectivity index (χ2n) is 7.73. The molecule has 0 bridgehead atoms. The van der Waals surface area contributed by atoms with Gasteiger partial charge in [-0.2, -0.15) is 0 Å². The molecule has 7 heteroatoms. The first-order chi connectivity index (χ1) is 13.7. The van der Waals surface area contributed by atoms with Gasteiger partial charge >= 0.3 is 18.0 Å². The molecule has 7 nitrogen and oxygen atoms in total. The normalized spacial score (nSPS) is 15.8. The lowest BCUT2D eigenvalue weighted by Crippen LogP contribution is -2.55. The van der Waals surface area contributed by atoms with Crippen LogP contribution in [0.4, 0.5) is 4.79 Å². The number of amides is 2. The topological polar surface area (TPSA) is 76.2 Å². The maximum absolute atomic E-state index is 13.4. The van der Waals surface area contributed by atoms with Crippen molar-refractivity contribution in [2.24, 2.45) is 0 Å². The van der Waals surface area contributed by atoms with Crippen molar-refractivity contribution in [3.05, 3.63) is 35.4 Å². The maximum atomic E-state index is 13.4. The van der Waals surface area contributed by atoms with Crippen LogP contribution >= 0.6 is 0 Å². The highest BCUT2D eigenvalue weighted by molar-refractivity contribution is 5.85. The lowest BCUT2D eigenvalue weighted by Gasteiger charge is -2.39. The van der Waals surface area contributed by atoms with E-state index in [2.05, 4.69) is 0 Å². The molecule has 0 aromatic heterocycles. The number of fused-ring (bicyclic) bond motifs is 1. The summed E-state index contributed by atoms with van der Waals surface area (Å²) in [5.74, 6) is -0.748. The molecule has 0 saturated carbocycles. The van der Waals surface area contributed by atoms with Crippen molar-refractivity contribution in [3.8, 4) is 0 Å². The highest BCUT2D eigenvalue weighted by atomic mass is 16.5. The molecule has 2 amide bonds. The molecule has 29 heavy (non-hydrogen) atoms. The summed E-state index contributed by atoms with van der Waals surface area (Å²) in [5.41, 5.74) is 2.07. The van der Waals surface area contributed by atoms with Gasteiger partial charge in [0.1, 0.15) is 6.04 Å². The zero-order valence-corrected chi connectivity index (χ0v) is 18.0. The number of urea groups is 1. The molecular formula is C22H32N2O5. The van der Waals surface area contributed by atoms with E-state index >= 15 is 0 Å². The van der Waals surface area contributed by atoms with Crippen LogP contribution in [0.15, 0.2) is 24.3 Å². The van der Waals surface area contributed by atoms with Gasteiger partial charge in [-0.25, -0.2) is 9.59 Å². The average Bonchev–Trinajstić information content (AvgIpc) is 2.66. The van der Waals surface area contributed by atoms with E-state index < -0.39 is 12.0 Å². The van der Waals surface area contributed by atoms with Crippen LogP contribution in [0.3, 0.4) is 0 Å². The zero-order chi connectivity index (χ0) is 21.6. The second-order valence-corrected chi connectivity index (χ2v) is 7.73. The molecule has 1 atom stereocenters. The fraction of sp³-hybridized carbons (Fsp3) is 0.591. The standard InChI is InChI=1S/C22H32N2O5/c1-6-28-21(26)19-13-17-9-7-8-10-18(17)14-24(19)22(27)23(15(2)3)12-11-20(25)29-16(4)5/h7-10,15-16,19H,6,11-14H2,1-5H3/t19-/m0/s1. The molecule has 0 fully saturated rings. The highest BCUT2D eigenvalue weighted by Gasteiger charge is 2.38. The largest absolute Gasteiger partial charge is 0.464 e. The van der Waals surface area contributed by atoms with Crippen molar-refractivity contribution in [1.29, 1.82) is 0 Å². The van der Waals surface area contributed by atoms with Crippen LogP contribution in [0.5, 0.6) is 0 Å². The lowest BCUT2D eigenvalue weighted by molar-refractivity contribution is -0.150. The number of rotatable bonds is 7. The average molecular weight is 405 g/mol. The van der Waals surface area contributed by atoms with Crippen LogP contribution in [-0.4, -0.2) is 59.1 Å². The van der Waals surface area contributed by atoms with Crippen molar-refractivity contribution < 1.29 is 23.9 Å². The van der Waals surface area contributed by atoms with Gasteiger partial charge in [0.25, 0.3) is 0 Å². The van der Waals surface area contributed by atoms with Gasteiger partial charge in [0.15, 0.2) is 0 Å². The number of hydrogen-bond acceptors (Lipinski definition) is 5. The van der Waals surface area contributed by atoms with Gasteiger partial charge in [0.05, 0.1) is 19.1 Å². The molecule has 160 valence electrons. The number of esters is 2. The lowest BCUT2D eigenvalue weighted by atomic mass is 9.94. The van der Waals surface area contributed by atoms with Crippen LogP contribution in [0.2, 0.25) is 0 Å². The van der Waals surface area contributed by atoms with Crippen molar-refractivity contribution in [2.75, 3.05) is 13.2 Å². The smallest absolute Gasteiger partial charge is 0.329 e. The van der Waals surface area contributed by atoms with Gasteiger partial charge in [-0.15, -0.1) is 0 Å². The quantitative estimate of drug-likeness (QED) is 0.653. The van der Waals surface area contributed by atoms with E-state index in [0.29, 0.717) is 13.0 Å². The minimum Gasteiger partial charge on any atom is -0.464 e. The molecule has 0 spiro atoms. The molecule has 1 aliphatic rings. The van der Waals surface area contributed by atoms with Crippen LogP contribution in [0.25, 0.3) is 0 Å². The molecule has 0 N–H and O–H groups in total. The summed E-state index contributed by atoms with van der Waals surface area (Å²) in [6, 6.07) is 6.72. The van der Waals surface area contributed by atoms with Crippen molar-refractivity contribution >= 4 is 18.0 Å². The van der Waals surface area contributed by atoms with E-state index in [-0.39, 0.29) is 43.7 Å². The van der Waals surface area contributed by atoms with Crippen molar-refractivity contribution in [1.82, 2.24) is 9.80 Å². The summed E-state index contributed by atoms with van der Waals surface area (Å²) in [5, 5.41) is 0. The summed E-state index contributed by atoms with van der Waals surface area (Å²) in [4.78, 5) is 41.1. The minimum atomic E-state index is -0.679. The third-order valence-electron chi connectivity index (χ3n) is 4.85. The first-order valence-electron chi connectivity index (χ1n) is 10.2. The predicted octanol–water partition coefficient (Wildman–Crippen LogP) is 3.15.